The second kappa shape index (κ2) is 7.40. The smallest absolute Gasteiger partial charge is 0.316 e. The average molecular weight is 301 g/mol. The van der Waals surface area contributed by atoms with Crippen LogP contribution < -0.4 is 4.74 Å². The zero-order valence-corrected chi connectivity index (χ0v) is 13.1. The predicted molar refractivity (Wildman–Crippen MR) is 83.7 cm³/mol. The van der Waals surface area contributed by atoms with Crippen molar-refractivity contribution < 1.29 is 9.15 Å². The summed E-state index contributed by atoms with van der Waals surface area (Å²) in [7, 11) is 0. The van der Waals surface area contributed by atoms with Gasteiger partial charge in [-0.05, 0) is 37.5 Å². The van der Waals surface area contributed by atoms with E-state index in [2.05, 4.69) is 33.9 Å². The molecule has 1 aliphatic heterocycles. The molecule has 3 rings (SSSR count). The third-order valence-corrected chi connectivity index (χ3v) is 3.94. The summed E-state index contributed by atoms with van der Waals surface area (Å²) >= 11 is 0. The van der Waals surface area contributed by atoms with Crippen LogP contribution in [0.4, 0.5) is 0 Å². The standard InChI is InChI=1S/C17H23N3O2/c1-2-4-14-5-6-16(21-14)13-20-11-7-15(8-12-20)22-17-18-9-3-10-19-17/h3,5-6,9-10,15H,2,4,7-8,11-13H2,1H3. The Bertz CT molecular complexity index is 562. The Labute approximate surface area is 131 Å². The van der Waals surface area contributed by atoms with Crippen molar-refractivity contribution in [3.8, 4) is 6.01 Å². The molecule has 5 heteroatoms. The van der Waals surface area contributed by atoms with Gasteiger partial charge in [-0.3, -0.25) is 4.90 Å². The van der Waals surface area contributed by atoms with Gasteiger partial charge < -0.3 is 9.15 Å². The van der Waals surface area contributed by atoms with Crippen LogP contribution in [0.5, 0.6) is 6.01 Å². The number of likely N-dealkylation sites (tertiary alicyclic amines) is 1. The first-order valence-electron chi connectivity index (χ1n) is 8.07. The van der Waals surface area contributed by atoms with Crippen molar-refractivity contribution in [2.75, 3.05) is 13.1 Å². The summed E-state index contributed by atoms with van der Waals surface area (Å²) in [6.45, 7) is 5.09. The second-order valence-corrected chi connectivity index (χ2v) is 5.74. The molecule has 3 heterocycles. The number of ether oxygens (including phenoxy) is 1. The van der Waals surface area contributed by atoms with Crippen LogP contribution in [0.15, 0.2) is 35.0 Å². The highest BCUT2D eigenvalue weighted by Gasteiger charge is 2.22. The first-order chi connectivity index (χ1) is 10.8. The molecule has 0 aromatic carbocycles. The molecule has 0 radical (unpaired) electrons. The first-order valence-corrected chi connectivity index (χ1v) is 8.07. The maximum Gasteiger partial charge on any atom is 0.316 e. The molecule has 22 heavy (non-hydrogen) atoms. The second-order valence-electron chi connectivity index (χ2n) is 5.74. The molecule has 118 valence electrons. The molecule has 2 aromatic rings. The van der Waals surface area contributed by atoms with E-state index in [1.54, 1.807) is 18.5 Å². The van der Waals surface area contributed by atoms with Gasteiger partial charge in [-0.2, -0.15) is 0 Å². The Morgan fingerprint density at radius 1 is 1.18 bits per heavy atom. The van der Waals surface area contributed by atoms with Crippen LogP contribution in [0, 0.1) is 0 Å². The van der Waals surface area contributed by atoms with Crippen LogP contribution in [-0.4, -0.2) is 34.1 Å². The van der Waals surface area contributed by atoms with Crippen LogP contribution in [0.1, 0.15) is 37.7 Å². The van der Waals surface area contributed by atoms with Gasteiger partial charge in [0.2, 0.25) is 0 Å². The molecular formula is C17H23N3O2. The molecule has 0 amide bonds. The number of rotatable bonds is 6. The number of hydrogen-bond donors (Lipinski definition) is 0. The molecule has 1 saturated heterocycles. The maximum absolute atomic E-state index is 5.86. The van der Waals surface area contributed by atoms with Gasteiger partial charge in [-0.15, -0.1) is 0 Å². The Morgan fingerprint density at radius 2 is 1.91 bits per heavy atom. The number of piperidine rings is 1. The zero-order valence-electron chi connectivity index (χ0n) is 13.1. The largest absolute Gasteiger partial charge is 0.465 e. The van der Waals surface area contributed by atoms with E-state index in [1.807, 2.05) is 0 Å². The minimum Gasteiger partial charge on any atom is -0.465 e. The van der Waals surface area contributed by atoms with E-state index in [-0.39, 0.29) is 6.10 Å². The fourth-order valence-electron chi connectivity index (χ4n) is 2.79. The summed E-state index contributed by atoms with van der Waals surface area (Å²) in [6.07, 6.45) is 7.78. The lowest BCUT2D eigenvalue weighted by Gasteiger charge is -2.30. The van der Waals surface area contributed by atoms with E-state index >= 15 is 0 Å². The van der Waals surface area contributed by atoms with Crippen molar-refractivity contribution in [3.63, 3.8) is 0 Å². The Hall–Kier alpha value is -1.88. The van der Waals surface area contributed by atoms with Crippen molar-refractivity contribution in [3.05, 3.63) is 42.1 Å². The number of hydrogen-bond acceptors (Lipinski definition) is 5. The maximum atomic E-state index is 5.86. The third kappa shape index (κ3) is 4.07. The minimum atomic E-state index is 0.214. The van der Waals surface area contributed by atoms with Crippen molar-refractivity contribution in [2.45, 2.75) is 45.3 Å². The van der Waals surface area contributed by atoms with E-state index in [9.17, 15) is 0 Å². The number of furan rings is 1. The highest BCUT2D eigenvalue weighted by molar-refractivity contribution is 5.07. The summed E-state index contributed by atoms with van der Waals surface area (Å²) < 4.78 is 11.7. The molecule has 5 nitrogen and oxygen atoms in total. The molecule has 0 bridgehead atoms. The van der Waals surface area contributed by atoms with Crippen LogP contribution >= 0.6 is 0 Å². The third-order valence-electron chi connectivity index (χ3n) is 3.94. The molecule has 0 saturated carbocycles. The van der Waals surface area contributed by atoms with E-state index in [0.29, 0.717) is 6.01 Å². The number of nitrogens with zero attached hydrogens (tertiary/aromatic N) is 3. The van der Waals surface area contributed by atoms with E-state index in [4.69, 9.17) is 9.15 Å². The highest BCUT2D eigenvalue weighted by Crippen LogP contribution is 2.19. The van der Waals surface area contributed by atoms with Crippen molar-refractivity contribution in [2.24, 2.45) is 0 Å². The number of aryl methyl sites for hydroxylation is 1. The number of aromatic nitrogens is 2. The lowest BCUT2D eigenvalue weighted by Crippen LogP contribution is -2.37. The molecule has 0 N–H and O–H groups in total. The summed E-state index contributed by atoms with van der Waals surface area (Å²) in [6, 6.07) is 6.48. The highest BCUT2D eigenvalue weighted by atomic mass is 16.5. The van der Waals surface area contributed by atoms with E-state index in [1.165, 1.54) is 0 Å². The monoisotopic (exact) mass is 301 g/mol. The fourth-order valence-corrected chi connectivity index (χ4v) is 2.79. The zero-order chi connectivity index (χ0) is 15.2. The van der Waals surface area contributed by atoms with Gasteiger partial charge in [0.1, 0.15) is 17.6 Å². The Balaban J connectivity index is 1.45. The summed E-state index contributed by atoms with van der Waals surface area (Å²) in [5.41, 5.74) is 0. The summed E-state index contributed by atoms with van der Waals surface area (Å²) in [5.74, 6) is 2.16. The van der Waals surface area contributed by atoms with Crippen LogP contribution in [0.2, 0.25) is 0 Å². The van der Waals surface area contributed by atoms with Gasteiger partial charge in [0.15, 0.2) is 0 Å². The molecule has 2 aromatic heterocycles. The van der Waals surface area contributed by atoms with E-state index in [0.717, 1.165) is 56.8 Å². The van der Waals surface area contributed by atoms with Gasteiger partial charge >= 0.3 is 6.01 Å². The Kier molecular flexibility index (Phi) is 5.06. The molecule has 0 aliphatic carbocycles. The van der Waals surface area contributed by atoms with Gasteiger partial charge in [0, 0.05) is 31.9 Å². The molecule has 0 spiro atoms. The van der Waals surface area contributed by atoms with Gasteiger partial charge in [-0.25, -0.2) is 9.97 Å². The molecule has 1 aliphatic rings. The van der Waals surface area contributed by atoms with Gasteiger partial charge in [0.05, 0.1) is 6.54 Å². The summed E-state index contributed by atoms with van der Waals surface area (Å²) in [4.78, 5) is 10.7. The quantitative estimate of drug-likeness (QED) is 0.820. The summed E-state index contributed by atoms with van der Waals surface area (Å²) in [5, 5.41) is 0. The van der Waals surface area contributed by atoms with Crippen LogP contribution in [0.25, 0.3) is 0 Å². The van der Waals surface area contributed by atoms with Gasteiger partial charge in [0.25, 0.3) is 0 Å². The minimum absolute atomic E-state index is 0.214. The predicted octanol–water partition coefficient (Wildman–Crippen LogP) is 3.07. The Morgan fingerprint density at radius 3 is 2.64 bits per heavy atom. The topological polar surface area (TPSA) is 51.4 Å². The molecular weight excluding hydrogens is 278 g/mol. The van der Waals surface area contributed by atoms with E-state index < -0.39 is 0 Å². The molecule has 1 fully saturated rings. The van der Waals surface area contributed by atoms with Crippen molar-refractivity contribution in [1.82, 2.24) is 14.9 Å². The SMILES string of the molecule is CCCc1ccc(CN2CCC(Oc3ncccn3)CC2)o1. The first kappa shape index (κ1) is 15.0. The van der Waals surface area contributed by atoms with Crippen molar-refractivity contribution >= 4 is 0 Å². The van der Waals surface area contributed by atoms with Crippen molar-refractivity contribution in [1.29, 1.82) is 0 Å². The lowest BCUT2D eigenvalue weighted by atomic mass is 10.1. The van der Waals surface area contributed by atoms with Crippen LogP contribution in [0.3, 0.4) is 0 Å². The van der Waals surface area contributed by atoms with Gasteiger partial charge in [-0.1, -0.05) is 6.92 Å². The average Bonchev–Trinajstić information content (AvgIpc) is 2.98. The fraction of sp³-hybridized carbons (Fsp3) is 0.529. The van der Waals surface area contributed by atoms with Crippen LogP contribution in [-0.2, 0) is 13.0 Å². The molecule has 0 unspecified atom stereocenters. The molecule has 0 atom stereocenters. The lowest BCUT2D eigenvalue weighted by molar-refractivity contribution is 0.0855. The normalized spacial score (nSPS) is 16.8.